The van der Waals surface area contributed by atoms with Gasteiger partial charge in [0.15, 0.2) is 0 Å². The Morgan fingerprint density at radius 2 is 1.97 bits per heavy atom. The van der Waals surface area contributed by atoms with Gasteiger partial charge in [0.05, 0.1) is 29.7 Å². The van der Waals surface area contributed by atoms with Crippen LogP contribution in [0.25, 0.3) is 6.08 Å². The zero-order valence-corrected chi connectivity index (χ0v) is 22.0. The Morgan fingerprint density at radius 3 is 2.67 bits per heavy atom. The second-order valence-corrected chi connectivity index (χ2v) is 10.4. The standard InChI is InChI=1S/C28H28N6O5/c1-14-23(27(38)39-4)24-25(30-14)20(35)9-21-28(24)10-15(28)11-34(21)22(36)6-5-18-8-17(13-32(18)2)31-26(37)19-7-16(29)12-33(19)3/h5-9,12-13,15,30H,10-11,29H2,1-4H3,(H,31,37)/b6-5+. The Morgan fingerprint density at radius 1 is 1.21 bits per heavy atom. The van der Waals surface area contributed by atoms with Crippen LogP contribution in [0.4, 0.5) is 11.4 Å². The summed E-state index contributed by atoms with van der Waals surface area (Å²) < 4.78 is 8.45. The van der Waals surface area contributed by atoms with E-state index in [9.17, 15) is 19.2 Å². The highest BCUT2D eigenvalue weighted by Gasteiger charge is 2.68. The van der Waals surface area contributed by atoms with Crippen LogP contribution in [0.3, 0.4) is 0 Å². The number of hydrogen-bond donors (Lipinski definition) is 3. The maximum absolute atomic E-state index is 13.3. The van der Waals surface area contributed by atoms with Crippen molar-refractivity contribution in [2.45, 2.75) is 18.8 Å². The Labute approximate surface area is 223 Å². The van der Waals surface area contributed by atoms with Crippen molar-refractivity contribution in [1.29, 1.82) is 0 Å². The molecule has 2 fully saturated rings. The summed E-state index contributed by atoms with van der Waals surface area (Å²) in [6.45, 7) is 2.21. The van der Waals surface area contributed by atoms with Gasteiger partial charge in [0.1, 0.15) is 5.69 Å². The van der Waals surface area contributed by atoms with Crippen LogP contribution in [0, 0.1) is 12.8 Å². The van der Waals surface area contributed by atoms with Gasteiger partial charge in [0.25, 0.3) is 11.8 Å². The number of rotatable bonds is 5. The van der Waals surface area contributed by atoms with Crippen molar-refractivity contribution >= 4 is 41.0 Å². The second kappa shape index (κ2) is 8.35. The van der Waals surface area contributed by atoms with Crippen molar-refractivity contribution in [2.24, 2.45) is 20.0 Å². The molecular weight excluding hydrogens is 500 g/mol. The lowest BCUT2D eigenvalue weighted by Crippen LogP contribution is -2.33. The summed E-state index contributed by atoms with van der Waals surface area (Å²) in [5.41, 5.74) is 10.1. The summed E-state index contributed by atoms with van der Waals surface area (Å²) in [4.78, 5) is 56.3. The van der Waals surface area contributed by atoms with E-state index in [2.05, 4.69) is 10.3 Å². The van der Waals surface area contributed by atoms with Crippen LogP contribution in [0.1, 0.15) is 54.7 Å². The van der Waals surface area contributed by atoms with Crippen LogP contribution in [-0.4, -0.2) is 56.2 Å². The molecule has 39 heavy (non-hydrogen) atoms. The van der Waals surface area contributed by atoms with E-state index in [1.54, 1.807) is 58.6 Å². The van der Waals surface area contributed by atoms with E-state index in [4.69, 9.17) is 10.5 Å². The van der Waals surface area contributed by atoms with E-state index < -0.39 is 11.4 Å². The Balaban J connectivity index is 1.23. The highest BCUT2D eigenvalue weighted by molar-refractivity contribution is 6.11. The van der Waals surface area contributed by atoms with E-state index in [1.165, 1.54) is 19.3 Å². The number of fused-ring (bicyclic) bond motifs is 1. The first kappa shape index (κ1) is 24.5. The smallest absolute Gasteiger partial charge is 0.340 e. The monoisotopic (exact) mass is 528 g/mol. The molecule has 0 bridgehead atoms. The normalized spacial score (nSPS) is 20.9. The molecule has 0 aromatic carbocycles. The van der Waals surface area contributed by atoms with Gasteiger partial charge in [0.2, 0.25) is 5.78 Å². The van der Waals surface area contributed by atoms with Gasteiger partial charge in [-0.1, -0.05) is 0 Å². The van der Waals surface area contributed by atoms with Crippen molar-refractivity contribution < 1.29 is 23.9 Å². The molecule has 11 nitrogen and oxygen atoms in total. The number of amides is 2. The summed E-state index contributed by atoms with van der Waals surface area (Å²) in [5.74, 6) is -1.20. The summed E-state index contributed by atoms with van der Waals surface area (Å²) in [5, 5.41) is 2.85. The van der Waals surface area contributed by atoms with E-state index >= 15 is 0 Å². The number of anilines is 2. The average Bonchev–Trinajstić information content (AvgIpc) is 3.17. The lowest BCUT2D eigenvalue weighted by atomic mass is 9.82. The number of aromatic nitrogens is 3. The van der Waals surface area contributed by atoms with Crippen molar-refractivity contribution in [3.8, 4) is 0 Å². The molecular formula is C28H28N6O5. The highest BCUT2D eigenvalue weighted by Crippen LogP contribution is 2.67. The topological polar surface area (TPSA) is 144 Å². The molecule has 3 aromatic rings. The number of hydrogen-bond acceptors (Lipinski definition) is 6. The molecule has 11 heteroatoms. The number of H-pyrrole nitrogens is 1. The maximum atomic E-state index is 13.3. The third kappa shape index (κ3) is 3.57. The van der Waals surface area contributed by atoms with E-state index in [1.807, 2.05) is 7.05 Å². The van der Waals surface area contributed by atoms with E-state index in [-0.39, 0.29) is 23.5 Å². The summed E-state index contributed by atoms with van der Waals surface area (Å²) >= 11 is 0. The molecule has 1 saturated heterocycles. The van der Waals surface area contributed by atoms with Gasteiger partial charge < -0.3 is 34.8 Å². The number of ether oxygens (including phenoxy) is 1. The fourth-order valence-electron chi connectivity index (χ4n) is 6.16. The van der Waals surface area contributed by atoms with Crippen molar-refractivity contribution in [2.75, 3.05) is 24.7 Å². The number of allylic oxidation sites excluding steroid dienone is 2. The molecule has 1 spiro atoms. The number of piperidine rings is 1. The van der Waals surface area contributed by atoms with Gasteiger partial charge in [-0.05, 0) is 37.5 Å². The molecule has 1 aliphatic heterocycles. The predicted octanol–water partition coefficient (Wildman–Crippen LogP) is 2.51. The third-order valence-electron chi connectivity index (χ3n) is 8.02. The van der Waals surface area contributed by atoms with Gasteiger partial charge in [-0.2, -0.15) is 0 Å². The Bertz CT molecular complexity index is 1670. The number of aromatic amines is 1. The van der Waals surface area contributed by atoms with Crippen LogP contribution < -0.4 is 11.1 Å². The minimum atomic E-state index is -0.538. The molecule has 2 atom stereocenters. The number of aryl methyl sites for hydroxylation is 3. The summed E-state index contributed by atoms with van der Waals surface area (Å²) in [6, 6.07) is 3.36. The van der Waals surface area contributed by atoms with Crippen molar-refractivity contribution in [3.63, 3.8) is 0 Å². The fourth-order valence-corrected chi connectivity index (χ4v) is 6.16. The Kier molecular flexibility index (Phi) is 5.25. The first-order valence-corrected chi connectivity index (χ1v) is 12.5. The van der Waals surface area contributed by atoms with Crippen LogP contribution in [0.2, 0.25) is 0 Å². The van der Waals surface area contributed by atoms with Gasteiger partial charge in [-0.15, -0.1) is 0 Å². The number of carbonyl (C=O) groups is 4. The largest absolute Gasteiger partial charge is 0.465 e. The predicted molar refractivity (Wildman–Crippen MR) is 143 cm³/mol. The Hall–Kier alpha value is -4.80. The molecule has 2 amide bonds. The van der Waals surface area contributed by atoms with Gasteiger partial charge >= 0.3 is 5.97 Å². The fraction of sp³-hybridized carbons (Fsp3) is 0.286. The number of likely N-dealkylation sites (tertiary alicyclic amines) is 1. The van der Waals surface area contributed by atoms with Gasteiger partial charge in [-0.3, -0.25) is 14.4 Å². The zero-order chi connectivity index (χ0) is 27.8. The molecule has 4 heterocycles. The first-order valence-electron chi connectivity index (χ1n) is 12.5. The van der Waals surface area contributed by atoms with Crippen LogP contribution in [-0.2, 0) is 29.0 Å². The molecule has 4 N–H and O–H groups in total. The number of nitrogen functional groups attached to an aromatic ring is 1. The summed E-state index contributed by atoms with van der Waals surface area (Å²) in [6.07, 6.45) is 8.83. The van der Waals surface area contributed by atoms with Crippen molar-refractivity contribution in [3.05, 3.63) is 76.3 Å². The van der Waals surface area contributed by atoms with Crippen molar-refractivity contribution in [1.82, 2.24) is 19.0 Å². The molecule has 3 aliphatic rings. The SMILES string of the molecule is COC(=O)c1c(C)[nH]c2c1C13CC1CN(C(=O)/C=C/c1cc(NC(=O)c4cc(N)cn4C)cn1C)C3=CC2=O. The van der Waals surface area contributed by atoms with Crippen LogP contribution in [0.15, 0.2) is 42.4 Å². The number of methoxy groups -OCH3 is 1. The second-order valence-electron chi connectivity index (χ2n) is 10.4. The molecule has 2 aliphatic carbocycles. The minimum absolute atomic E-state index is 0.120. The number of nitrogens with zero attached hydrogens (tertiary/aromatic N) is 3. The third-order valence-corrected chi connectivity index (χ3v) is 8.02. The highest BCUT2D eigenvalue weighted by atomic mass is 16.5. The molecule has 3 aromatic heterocycles. The molecule has 1 saturated carbocycles. The minimum Gasteiger partial charge on any atom is -0.465 e. The quantitative estimate of drug-likeness (QED) is 0.343. The number of esters is 1. The van der Waals surface area contributed by atoms with Crippen LogP contribution in [0.5, 0.6) is 0 Å². The van der Waals surface area contributed by atoms with Crippen LogP contribution >= 0.6 is 0 Å². The molecule has 200 valence electrons. The number of ketones is 1. The average molecular weight is 529 g/mol. The van der Waals surface area contributed by atoms with E-state index in [0.29, 0.717) is 57.5 Å². The lowest BCUT2D eigenvalue weighted by Gasteiger charge is -2.27. The lowest BCUT2D eigenvalue weighted by molar-refractivity contribution is -0.123. The molecule has 6 rings (SSSR count). The number of carbonyl (C=O) groups excluding carboxylic acids is 4. The number of nitrogens with two attached hydrogens (primary N) is 1. The molecule has 2 unspecified atom stereocenters. The maximum Gasteiger partial charge on any atom is 0.340 e. The van der Waals surface area contributed by atoms with Gasteiger partial charge in [0, 0.05) is 73.2 Å². The zero-order valence-electron chi connectivity index (χ0n) is 22.0. The number of nitrogens with one attached hydrogen (secondary N) is 2. The summed E-state index contributed by atoms with van der Waals surface area (Å²) in [7, 11) is 4.87. The first-order chi connectivity index (χ1) is 18.5. The van der Waals surface area contributed by atoms with Gasteiger partial charge in [-0.25, -0.2) is 4.79 Å². The molecule has 0 radical (unpaired) electrons. The van der Waals surface area contributed by atoms with E-state index in [0.717, 1.165) is 6.42 Å².